The van der Waals surface area contributed by atoms with Crippen molar-refractivity contribution in [3.05, 3.63) is 28.6 Å². The quantitative estimate of drug-likeness (QED) is 0.526. The van der Waals surface area contributed by atoms with Crippen molar-refractivity contribution in [1.82, 2.24) is 20.3 Å². The Labute approximate surface area is 204 Å². The largest absolute Gasteiger partial charge is 0.381 e. The SMILES string of the molecule is CCC1(CNc2cnc(Cl)c(-c3cc(NC(=O)[C@@H]4CCCNC4)ncc3Cl)n2)CCOCC1. The number of halogens is 2. The summed E-state index contributed by atoms with van der Waals surface area (Å²) in [4.78, 5) is 25.9. The van der Waals surface area contributed by atoms with Crippen molar-refractivity contribution in [2.75, 3.05) is 43.5 Å². The van der Waals surface area contributed by atoms with Crippen molar-refractivity contribution in [2.24, 2.45) is 11.3 Å². The van der Waals surface area contributed by atoms with E-state index in [4.69, 9.17) is 32.9 Å². The molecule has 1 amide bonds. The lowest BCUT2D eigenvalue weighted by atomic mass is 9.78. The predicted octanol–water partition coefficient (Wildman–Crippen LogP) is 4.40. The van der Waals surface area contributed by atoms with Gasteiger partial charge in [0.1, 0.15) is 17.3 Å². The lowest BCUT2D eigenvalue weighted by Crippen LogP contribution is -2.37. The Morgan fingerprint density at radius 2 is 2.06 bits per heavy atom. The van der Waals surface area contributed by atoms with Gasteiger partial charge in [-0.3, -0.25) is 4.79 Å². The van der Waals surface area contributed by atoms with Gasteiger partial charge in [-0.1, -0.05) is 30.1 Å². The maximum atomic E-state index is 12.6. The fourth-order valence-corrected chi connectivity index (χ4v) is 4.75. The molecular weight excluding hydrogens is 463 g/mol. The number of anilines is 2. The number of hydrogen-bond donors (Lipinski definition) is 3. The molecule has 2 aromatic heterocycles. The minimum atomic E-state index is -0.0772. The van der Waals surface area contributed by atoms with Crippen molar-refractivity contribution in [3.63, 3.8) is 0 Å². The van der Waals surface area contributed by atoms with E-state index in [1.54, 1.807) is 12.3 Å². The van der Waals surface area contributed by atoms with Gasteiger partial charge in [-0.15, -0.1) is 0 Å². The minimum absolute atomic E-state index is 0.0584. The van der Waals surface area contributed by atoms with Crippen LogP contribution in [0.1, 0.15) is 39.0 Å². The highest BCUT2D eigenvalue weighted by atomic mass is 35.5. The second-order valence-corrected chi connectivity index (χ2v) is 9.56. The van der Waals surface area contributed by atoms with Gasteiger partial charge in [-0.05, 0) is 50.1 Å². The van der Waals surface area contributed by atoms with Gasteiger partial charge in [0, 0.05) is 38.1 Å². The molecule has 2 fully saturated rings. The van der Waals surface area contributed by atoms with Crippen molar-refractivity contribution < 1.29 is 9.53 Å². The van der Waals surface area contributed by atoms with Gasteiger partial charge in [0.05, 0.1) is 17.1 Å². The Kier molecular flexibility index (Phi) is 8.01. The number of piperidine rings is 1. The number of carbonyl (C=O) groups excluding carboxylic acids is 1. The van der Waals surface area contributed by atoms with Crippen molar-refractivity contribution >= 4 is 40.7 Å². The first-order chi connectivity index (χ1) is 16.0. The zero-order chi connectivity index (χ0) is 23.3. The first-order valence-electron chi connectivity index (χ1n) is 11.5. The topological polar surface area (TPSA) is 101 Å². The molecule has 0 saturated carbocycles. The van der Waals surface area contributed by atoms with Gasteiger partial charge in [0.2, 0.25) is 5.91 Å². The molecule has 4 rings (SSSR count). The summed E-state index contributed by atoms with van der Waals surface area (Å²) in [7, 11) is 0. The summed E-state index contributed by atoms with van der Waals surface area (Å²) in [5, 5.41) is 10.2. The van der Waals surface area contributed by atoms with Crippen LogP contribution in [0, 0.1) is 11.3 Å². The molecule has 0 unspecified atom stereocenters. The van der Waals surface area contributed by atoms with Gasteiger partial charge >= 0.3 is 0 Å². The average molecular weight is 493 g/mol. The number of amides is 1. The van der Waals surface area contributed by atoms with Crippen LogP contribution >= 0.6 is 23.2 Å². The molecule has 0 aliphatic carbocycles. The molecule has 0 spiro atoms. The number of rotatable bonds is 7. The second-order valence-electron chi connectivity index (χ2n) is 8.80. The summed E-state index contributed by atoms with van der Waals surface area (Å²) in [5.74, 6) is 0.900. The maximum Gasteiger partial charge on any atom is 0.229 e. The summed E-state index contributed by atoms with van der Waals surface area (Å²) in [6.45, 7) is 6.17. The third-order valence-corrected chi connectivity index (χ3v) is 7.28. The van der Waals surface area contributed by atoms with Crippen molar-refractivity contribution in [2.45, 2.75) is 39.0 Å². The number of hydrogen-bond acceptors (Lipinski definition) is 7. The standard InChI is InChI=1S/C23H30Cl2N6O2/c1-2-23(5-8-33-9-6-23)14-29-19-13-28-21(25)20(30-19)16-10-18(27-12-17(16)24)31-22(32)15-4-3-7-26-11-15/h10,12-13,15,26H,2-9,11,14H2,1H3,(H,29,30)(H,27,31,32)/t15-/m1/s1. The smallest absolute Gasteiger partial charge is 0.229 e. The third kappa shape index (κ3) is 5.93. The van der Waals surface area contributed by atoms with E-state index in [2.05, 4.69) is 32.8 Å². The molecule has 8 nitrogen and oxygen atoms in total. The Morgan fingerprint density at radius 1 is 1.24 bits per heavy atom. The van der Waals surface area contributed by atoms with Gasteiger partial charge in [0.15, 0.2) is 5.15 Å². The maximum absolute atomic E-state index is 12.6. The zero-order valence-corrected chi connectivity index (χ0v) is 20.3. The van der Waals surface area contributed by atoms with Crippen LogP contribution in [0.2, 0.25) is 10.2 Å². The van der Waals surface area contributed by atoms with Gasteiger partial charge in [-0.2, -0.15) is 0 Å². The number of ether oxygens (including phenoxy) is 1. The third-order valence-electron chi connectivity index (χ3n) is 6.71. The molecule has 2 aliphatic heterocycles. The molecule has 4 heterocycles. The lowest BCUT2D eigenvalue weighted by molar-refractivity contribution is -0.120. The van der Waals surface area contributed by atoms with Crippen LogP contribution in [0.15, 0.2) is 18.5 Å². The van der Waals surface area contributed by atoms with Crippen LogP contribution in [-0.4, -0.2) is 53.7 Å². The summed E-state index contributed by atoms with van der Waals surface area (Å²) in [6.07, 6.45) is 8.05. The first-order valence-corrected chi connectivity index (χ1v) is 12.3. The highest BCUT2D eigenvalue weighted by Gasteiger charge is 2.30. The fourth-order valence-electron chi connectivity index (χ4n) is 4.36. The average Bonchev–Trinajstić information content (AvgIpc) is 2.86. The van der Waals surface area contributed by atoms with Gasteiger partial charge in [0.25, 0.3) is 0 Å². The molecule has 2 aliphatic rings. The Bertz CT molecular complexity index is 977. The Hall–Kier alpha value is -2.00. The van der Waals surface area contributed by atoms with Crippen LogP contribution in [0.4, 0.5) is 11.6 Å². The van der Waals surface area contributed by atoms with E-state index in [1.807, 2.05) is 0 Å². The fraction of sp³-hybridized carbons (Fsp3) is 0.565. The van der Waals surface area contributed by atoms with Crippen LogP contribution in [0.5, 0.6) is 0 Å². The second kappa shape index (κ2) is 11.0. The van der Waals surface area contributed by atoms with Gasteiger partial charge in [-0.25, -0.2) is 15.0 Å². The molecule has 10 heteroatoms. The monoisotopic (exact) mass is 492 g/mol. The van der Waals surface area contributed by atoms with E-state index in [0.29, 0.717) is 34.5 Å². The van der Waals surface area contributed by atoms with E-state index < -0.39 is 0 Å². The van der Waals surface area contributed by atoms with E-state index in [0.717, 1.165) is 58.4 Å². The van der Waals surface area contributed by atoms with Gasteiger partial charge < -0.3 is 20.7 Å². The van der Waals surface area contributed by atoms with E-state index in [-0.39, 0.29) is 22.4 Å². The summed E-state index contributed by atoms with van der Waals surface area (Å²) in [6, 6.07) is 1.70. The molecule has 1 atom stereocenters. The van der Waals surface area contributed by atoms with E-state index in [1.165, 1.54) is 6.20 Å². The highest BCUT2D eigenvalue weighted by Crippen LogP contribution is 2.35. The number of carbonyl (C=O) groups is 1. The molecule has 178 valence electrons. The molecule has 2 saturated heterocycles. The molecule has 33 heavy (non-hydrogen) atoms. The lowest BCUT2D eigenvalue weighted by Gasteiger charge is -2.36. The molecular formula is C23H30Cl2N6O2. The number of pyridine rings is 1. The van der Waals surface area contributed by atoms with E-state index >= 15 is 0 Å². The molecule has 0 bridgehead atoms. The predicted molar refractivity (Wildman–Crippen MR) is 131 cm³/mol. The van der Waals surface area contributed by atoms with Crippen LogP contribution in [0.25, 0.3) is 11.3 Å². The molecule has 0 radical (unpaired) electrons. The Morgan fingerprint density at radius 3 is 2.79 bits per heavy atom. The molecule has 0 aromatic carbocycles. The first kappa shape index (κ1) is 24.1. The number of nitrogens with one attached hydrogen (secondary N) is 3. The van der Waals surface area contributed by atoms with Crippen LogP contribution in [0.3, 0.4) is 0 Å². The molecule has 3 N–H and O–H groups in total. The van der Waals surface area contributed by atoms with Crippen molar-refractivity contribution in [1.29, 1.82) is 0 Å². The van der Waals surface area contributed by atoms with E-state index in [9.17, 15) is 4.79 Å². The number of aromatic nitrogens is 3. The summed E-state index contributed by atoms with van der Waals surface area (Å²) >= 11 is 12.8. The van der Waals surface area contributed by atoms with Crippen LogP contribution in [-0.2, 0) is 9.53 Å². The zero-order valence-electron chi connectivity index (χ0n) is 18.8. The minimum Gasteiger partial charge on any atom is -0.381 e. The van der Waals surface area contributed by atoms with Crippen LogP contribution < -0.4 is 16.0 Å². The summed E-state index contributed by atoms with van der Waals surface area (Å²) < 4.78 is 5.53. The van der Waals surface area contributed by atoms with Crippen molar-refractivity contribution in [3.8, 4) is 11.3 Å². The number of nitrogens with zero attached hydrogens (tertiary/aromatic N) is 3. The highest BCUT2D eigenvalue weighted by molar-refractivity contribution is 6.35. The molecule has 2 aromatic rings. The Balaban J connectivity index is 1.51. The summed E-state index contributed by atoms with van der Waals surface area (Å²) in [5.41, 5.74) is 1.20. The normalized spacial score (nSPS) is 20.3.